The van der Waals surface area contributed by atoms with E-state index in [0.29, 0.717) is 11.7 Å². The summed E-state index contributed by atoms with van der Waals surface area (Å²) in [6.45, 7) is 25.2. The van der Waals surface area contributed by atoms with Gasteiger partial charge in [-0.25, -0.2) is 0 Å². The molecule has 0 aromatic carbocycles. The standard InChI is InChI=1S/C11H19B.C3H6.2C2H6/c1-5-9(4)10(6-2)8-11(12)7-3;1-3-2;2*1-2/h5,10-11H,1,4,6-8H2,2-3H3;3H,1H2,2H3;2*1-2H3. The van der Waals surface area contributed by atoms with E-state index < -0.39 is 0 Å². The van der Waals surface area contributed by atoms with Crippen LogP contribution in [0.1, 0.15) is 67.7 Å². The van der Waals surface area contributed by atoms with Crippen molar-refractivity contribution in [2.24, 2.45) is 5.92 Å². The number of hydrogen-bond donors (Lipinski definition) is 0. The van der Waals surface area contributed by atoms with E-state index in [-0.39, 0.29) is 0 Å². The highest BCUT2D eigenvalue weighted by Crippen LogP contribution is 2.25. The number of rotatable bonds is 6. The molecule has 0 aliphatic rings. The maximum Gasteiger partial charge on any atom is 0.0699 e. The summed E-state index contributed by atoms with van der Waals surface area (Å²) in [4.78, 5) is 0. The van der Waals surface area contributed by atoms with Gasteiger partial charge in [0, 0.05) is 0 Å². The van der Waals surface area contributed by atoms with E-state index in [0.717, 1.165) is 24.8 Å². The van der Waals surface area contributed by atoms with Crippen molar-refractivity contribution in [3.63, 3.8) is 0 Å². The van der Waals surface area contributed by atoms with Crippen LogP contribution in [0.3, 0.4) is 0 Å². The summed E-state index contributed by atoms with van der Waals surface area (Å²) in [6.07, 6.45) is 6.79. The van der Waals surface area contributed by atoms with E-state index in [1.165, 1.54) is 0 Å². The highest BCUT2D eigenvalue weighted by molar-refractivity contribution is 6.11. The third kappa shape index (κ3) is 22.9. The van der Waals surface area contributed by atoms with Crippen molar-refractivity contribution in [2.75, 3.05) is 0 Å². The summed E-state index contributed by atoms with van der Waals surface area (Å²) < 4.78 is 0. The minimum Gasteiger partial charge on any atom is -0.103 e. The molecule has 0 spiro atoms. The van der Waals surface area contributed by atoms with Crippen molar-refractivity contribution in [2.45, 2.75) is 73.5 Å². The predicted octanol–water partition coefficient (Wildman–Crippen LogP) is 6.76. The van der Waals surface area contributed by atoms with Crippen LogP contribution in [0.25, 0.3) is 0 Å². The van der Waals surface area contributed by atoms with Gasteiger partial charge in [0.15, 0.2) is 0 Å². The second-order valence-corrected chi connectivity index (χ2v) is 3.70. The molecule has 2 radical (unpaired) electrons. The van der Waals surface area contributed by atoms with Crippen LogP contribution in [0, 0.1) is 5.92 Å². The van der Waals surface area contributed by atoms with Crippen molar-refractivity contribution in [1.29, 1.82) is 0 Å². The molecule has 0 saturated heterocycles. The molecule has 19 heavy (non-hydrogen) atoms. The average molecular weight is 264 g/mol. The number of hydrogen-bond acceptors (Lipinski definition) is 0. The molecular weight excluding hydrogens is 227 g/mol. The highest BCUT2D eigenvalue weighted by Gasteiger charge is 2.10. The summed E-state index contributed by atoms with van der Waals surface area (Å²) in [5, 5.41) is 0. The molecule has 0 heterocycles. The van der Waals surface area contributed by atoms with Gasteiger partial charge in [0.2, 0.25) is 0 Å². The molecule has 0 aromatic rings. The third-order valence-electron chi connectivity index (χ3n) is 2.39. The monoisotopic (exact) mass is 264 g/mol. The smallest absolute Gasteiger partial charge is 0.0699 e. The van der Waals surface area contributed by atoms with Gasteiger partial charge < -0.3 is 0 Å². The zero-order valence-corrected chi connectivity index (χ0v) is 14.6. The van der Waals surface area contributed by atoms with Gasteiger partial charge in [0.05, 0.1) is 7.85 Å². The van der Waals surface area contributed by atoms with Crippen LogP contribution in [0.15, 0.2) is 37.5 Å². The van der Waals surface area contributed by atoms with E-state index in [1.807, 2.05) is 40.7 Å². The molecule has 0 bridgehead atoms. The summed E-state index contributed by atoms with van der Waals surface area (Å²) in [5.74, 6) is 0.837. The lowest BCUT2D eigenvalue weighted by molar-refractivity contribution is 0.524. The Morgan fingerprint density at radius 2 is 1.42 bits per heavy atom. The molecular formula is C18H37B. The fraction of sp³-hybridized carbons (Fsp3) is 0.667. The Bertz CT molecular complexity index is 182. The van der Waals surface area contributed by atoms with E-state index in [4.69, 9.17) is 7.85 Å². The molecule has 0 fully saturated rings. The molecule has 0 rings (SSSR count). The van der Waals surface area contributed by atoms with Crippen LogP contribution < -0.4 is 0 Å². The quantitative estimate of drug-likeness (QED) is 0.282. The van der Waals surface area contributed by atoms with Crippen LogP contribution in [0.5, 0.6) is 0 Å². The van der Waals surface area contributed by atoms with Crippen LogP contribution in [-0.2, 0) is 0 Å². The van der Waals surface area contributed by atoms with Gasteiger partial charge in [-0.2, -0.15) is 0 Å². The molecule has 1 heteroatoms. The van der Waals surface area contributed by atoms with Gasteiger partial charge in [-0.3, -0.25) is 0 Å². The zero-order chi connectivity index (χ0) is 16.3. The molecule has 112 valence electrons. The topological polar surface area (TPSA) is 0 Å². The van der Waals surface area contributed by atoms with Crippen LogP contribution in [0.4, 0.5) is 0 Å². The number of allylic oxidation sites excluding steroid dienone is 3. The lowest BCUT2D eigenvalue weighted by Gasteiger charge is -2.19. The summed E-state index contributed by atoms with van der Waals surface area (Å²) in [5.41, 5.74) is 1.13. The van der Waals surface area contributed by atoms with Crippen molar-refractivity contribution in [3.8, 4) is 0 Å². The van der Waals surface area contributed by atoms with Crippen molar-refractivity contribution in [3.05, 3.63) is 37.5 Å². The van der Waals surface area contributed by atoms with E-state index in [9.17, 15) is 0 Å². The largest absolute Gasteiger partial charge is 0.103 e. The predicted molar refractivity (Wildman–Crippen MR) is 96.1 cm³/mol. The zero-order valence-electron chi connectivity index (χ0n) is 14.6. The van der Waals surface area contributed by atoms with Gasteiger partial charge in [-0.15, -0.1) is 6.58 Å². The average Bonchev–Trinajstić information content (AvgIpc) is 2.48. The second-order valence-electron chi connectivity index (χ2n) is 3.70. The Morgan fingerprint density at radius 1 is 1.05 bits per heavy atom. The molecule has 0 amide bonds. The summed E-state index contributed by atoms with van der Waals surface area (Å²) in [6, 6.07) is 0. The molecule has 0 N–H and O–H groups in total. The van der Waals surface area contributed by atoms with Crippen LogP contribution in [-0.4, -0.2) is 7.85 Å². The third-order valence-corrected chi connectivity index (χ3v) is 2.39. The van der Waals surface area contributed by atoms with E-state index in [2.05, 4.69) is 33.6 Å². The molecule has 0 aromatic heterocycles. The van der Waals surface area contributed by atoms with Crippen LogP contribution in [0.2, 0.25) is 5.82 Å². The van der Waals surface area contributed by atoms with Crippen molar-refractivity contribution >= 4 is 7.85 Å². The molecule has 0 saturated carbocycles. The Balaban J connectivity index is -0.000000136. The van der Waals surface area contributed by atoms with E-state index in [1.54, 1.807) is 6.08 Å². The Kier molecular flexibility index (Phi) is 36.6. The van der Waals surface area contributed by atoms with Crippen molar-refractivity contribution in [1.82, 2.24) is 0 Å². The Labute approximate surface area is 125 Å². The van der Waals surface area contributed by atoms with Gasteiger partial charge in [0.1, 0.15) is 0 Å². The first-order chi connectivity index (χ1) is 9.06. The van der Waals surface area contributed by atoms with Gasteiger partial charge in [0.25, 0.3) is 0 Å². The van der Waals surface area contributed by atoms with Gasteiger partial charge in [-0.1, -0.05) is 91.1 Å². The van der Waals surface area contributed by atoms with Gasteiger partial charge in [-0.05, 0) is 19.3 Å². The maximum atomic E-state index is 5.87. The SMILES string of the molecule is C=CC.CC.CC.[B]C(CC)CC(CC)C(=C)C=C. The molecule has 2 atom stereocenters. The highest BCUT2D eigenvalue weighted by atomic mass is 14.1. The van der Waals surface area contributed by atoms with Crippen LogP contribution >= 0.6 is 0 Å². The molecule has 0 aliphatic heterocycles. The van der Waals surface area contributed by atoms with Gasteiger partial charge >= 0.3 is 0 Å². The van der Waals surface area contributed by atoms with Crippen molar-refractivity contribution < 1.29 is 0 Å². The summed E-state index contributed by atoms with van der Waals surface area (Å²) in [7, 11) is 5.87. The van der Waals surface area contributed by atoms with E-state index >= 15 is 0 Å². The second kappa shape index (κ2) is 26.0. The first-order valence-corrected chi connectivity index (χ1v) is 7.71. The first kappa shape index (κ1) is 26.8. The Hall–Kier alpha value is -0.715. The minimum absolute atomic E-state index is 0.312. The lowest BCUT2D eigenvalue weighted by Crippen LogP contribution is -2.05. The lowest BCUT2D eigenvalue weighted by atomic mass is 9.75. The summed E-state index contributed by atoms with van der Waals surface area (Å²) >= 11 is 0. The molecule has 0 aliphatic carbocycles. The maximum absolute atomic E-state index is 5.87. The fourth-order valence-electron chi connectivity index (χ4n) is 1.28. The normalized spacial score (nSPS) is 10.9. The Morgan fingerprint density at radius 3 is 1.63 bits per heavy atom. The molecule has 2 unspecified atom stereocenters. The molecule has 0 nitrogen and oxygen atoms in total. The fourth-order valence-corrected chi connectivity index (χ4v) is 1.28. The first-order valence-electron chi connectivity index (χ1n) is 7.71. The minimum atomic E-state index is 0.312.